The van der Waals surface area contributed by atoms with Crippen molar-refractivity contribution in [1.82, 2.24) is 19.8 Å². The number of likely N-dealkylation sites (N-methyl/N-ethyl adjacent to an activating group) is 1. The molecule has 2 rings (SSSR count). The molecule has 0 aromatic carbocycles. The van der Waals surface area contributed by atoms with Crippen LogP contribution in [0.5, 0.6) is 0 Å². The van der Waals surface area contributed by atoms with Crippen LogP contribution in [0.15, 0.2) is 12.5 Å². The maximum atomic E-state index is 4.42. The van der Waals surface area contributed by atoms with Crippen LogP contribution in [0, 0.1) is 0 Å². The average molecular weight is 278 g/mol. The van der Waals surface area contributed by atoms with Gasteiger partial charge in [-0.3, -0.25) is 0 Å². The van der Waals surface area contributed by atoms with Gasteiger partial charge in [0.05, 0.1) is 6.33 Å². The number of imidazole rings is 1. The van der Waals surface area contributed by atoms with Crippen molar-refractivity contribution < 1.29 is 0 Å². The predicted octanol–water partition coefficient (Wildman–Crippen LogP) is 2.26. The van der Waals surface area contributed by atoms with E-state index >= 15 is 0 Å². The van der Waals surface area contributed by atoms with Crippen molar-refractivity contribution in [2.45, 2.75) is 52.0 Å². The number of rotatable bonds is 7. The van der Waals surface area contributed by atoms with Crippen LogP contribution in [0.3, 0.4) is 0 Å². The molecule has 4 heteroatoms. The van der Waals surface area contributed by atoms with Crippen molar-refractivity contribution in [3.05, 3.63) is 18.2 Å². The van der Waals surface area contributed by atoms with Gasteiger partial charge < -0.3 is 14.8 Å². The van der Waals surface area contributed by atoms with Crippen LogP contribution in [0.1, 0.15) is 45.7 Å². The average Bonchev–Trinajstić information content (AvgIpc) is 2.93. The molecule has 0 bridgehead atoms. The molecule has 1 aliphatic heterocycles. The van der Waals surface area contributed by atoms with Crippen molar-refractivity contribution in [2.75, 3.05) is 32.7 Å². The van der Waals surface area contributed by atoms with E-state index in [-0.39, 0.29) is 0 Å². The third kappa shape index (κ3) is 3.61. The lowest BCUT2D eigenvalue weighted by atomic mass is 9.78. The van der Waals surface area contributed by atoms with Crippen molar-refractivity contribution >= 4 is 0 Å². The zero-order valence-corrected chi connectivity index (χ0v) is 13.4. The standard InChI is InChI=1S/C16H30N4/c1-4-10-19(5-2)11-12-20-14-18-13-15(20)16(3)6-8-17-9-7-16/h13-14,17H,4-12H2,1-3H3. The molecule has 114 valence electrons. The molecule has 1 saturated heterocycles. The zero-order chi connectivity index (χ0) is 14.4. The van der Waals surface area contributed by atoms with Gasteiger partial charge in [0.2, 0.25) is 0 Å². The first-order valence-electron chi connectivity index (χ1n) is 8.13. The Bertz CT molecular complexity index is 393. The third-order valence-electron chi connectivity index (χ3n) is 4.68. The van der Waals surface area contributed by atoms with Gasteiger partial charge in [0.15, 0.2) is 0 Å². The molecule has 2 heterocycles. The molecule has 1 aromatic heterocycles. The van der Waals surface area contributed by atoms with E-state index < -0.39 is 0 Å². The van der Waals surface area contributed by atoms with Gasteiger partial charge in [-0.2, -0.15) is 0 Å². The highest BCUT2D eigenvalue weighted by atomic mass is 15.2. The number of nitrogens with one attached hydrogen (secondary N) is 1. The monoisotopic (exact) mass is 278 g/mol. The predicted molar refractivity (Wildman–Crippen MR) is 84.1 cm³/mol. The Morgan fingerprint density at radius 1 is 1.30 bits per heavy atom. The Morgan fingerprint density at radius 3 is 2.70 bits per heavy atom. The highest BCUT2D eigenvalue weighted by molar-refractivity contribution is 5.15. The van der Waals surface area contributed by atoms with Gasteiger partial charge in [-0.1, -0.05) is 20.8 Å². The molecular weight excluding hydrogens is 248 g/mol. The number of hydrogen-bond donors (Lipinski definition) is 1. The summed E-state index contributed by atoms with van der Waals surface area (Å²) in [5, 5.41) is 3.46. The van der Waals surface area contributed by atoms with Crippen molar-refractivity contribution in [1.29, 1.82) is 0 Å². The molecule has 0 spiro atoms. The Hall–Kier alpha value is -0.870. The largest absolute Gasteiger partial charge is 0.333 e. The van der Waals surface area contributed by atoms with E-state index in [4.69, 9.17) is 0 Å². The van der Waals surface area contributed by atoms with Gasteiger partial charge in [0.1, 0.15) is 0 Å². The summed E-state index contributed by atoms with van der Waals surface area (Å²) in [6.07, 6.45) is 7.76. The molecule has 1 aliphatic rings. The van der Waals surface area contributed by atoms with Crippen LogP contribution >= 0.6 is 0 Å². The molecular formula is C16H30N4. The first-order valence-corrected chi connectivity index (χ1v) is 8.13. The quantitative estimate of drug-likeness (QED) is 0.830. The second-order valence-corrected chi connectivity index (χ2v) is 6.22. The van der Waals surface area contributed by atoms with Crippen LogP contribution in [-0.4, -0.2) is 47.2 Å². The molecule has 0 saturated carbocycles. The minimum atomic E-state index is 0.295. The van der Waals surface area contributed by atoms with E-state index in [9.17, 15) is 0 Å². The van der Waals surface area contributed by atoms with Gasteiger partial charge in [-0.05, 0) is 45.4 Å². The molecule has 0 unspecified atom stereocenters. The van der Waals surface area contributed by atoms with Gasteiger partial charge in [0, 0.05) is 30.4 Å². The van der Waals surface area contributed by atoms with Crippen LogP contribution < -0.4 is 5.32 Å². The highest BCUT2D eigenvalue weighted by Crippen LogP contribution is 2.32. The van der Waals surface area contributed by atoms with Crippen LogP contribution in [0.25, 0.3) is 0 Å². The molecule has 1 N–H and O–H groups in total. The number of hydrogen-bond acceptors (Lipinski definition) is 3. The van der Waals surface area contributed by atoms with E-state index in [0.29, 0.717) is 5.41 Å². The second kappa shape index (κ2) is 7.23. The lowest BCUT2D eigenvalue weighted by molar-refractivity contribution is 0.266. The molecule has 0 amide bonds. The molecule has 1 fully saturated rings. The van der Waals surface area contributed by atoms with E-state index in [1.165, 1.54) is 31.5 Å². The van der Waals surface area contributed by atoms with Crippen molar-refractivity contribution in [3.63, 3.8) is 0 Å². The summed E-state index contributed by atoms with van der Waals surface area (Å²) in [7, 11) is 0. The Balaban J connectivity index is 2.01. The first-order chi connectivity index (χ1) is 9.69. The Kier molecular flexibility index (Phi) is 5.61. The summed E-state index contributed by atoms with van der Waals surface area (Å²) in [5.41, 5.74) is 1.72. The summed E-state index contributed by atoms with van der Waals surface area (Å²) >= 11 is 0. The number of nitrogens with zero attached hydrogens (tertiary/aromatic N) is 3. The molecule has 0 atom stereocenters. The fourth-order valence-electron chi connectivity index (χ4n) is 3.23. The smallest absolute Gasteiger partial charge is 0.0948 e. The molecule has 0 radical (unpaired) electrons. The minimum Gasteiger partial charge on any atom is -0.333 e. The fraction of sp³-hybridized carbons (Fsp3) is 0.812. The Labute approximate surface area is 123 Å². The fourth-order valence-corrected chi connectivity index (χ4v) is 3.23. The third-order valence-corrected chi connectivity index (χ3v) is 4.68. The maximum absolute atomic E-state index is 4.42. The summed E-state index contributed by atoms with van der Waals surface area (Å²) in [4.78, 5) is 6.94. The normalized spacial score (nSPS) is 18.6. The first kappa shape index (κ1) is 15.5. The topological polar surface area (TPSA) is 33.1 Å². The Morgan fingerprint density at radius 2 is 2.05 bits per heavy atom. The maximum Gasteiger partial charge on any atom is 0.0948 e. The lowest BCUT2D eigenvalue weighted by Crippen LogP contribution is -2.39. The summed E-state index contributed by atoms with van der Waals surface area (Å²) in [6, 6.07) is 0. The minimum absolute atomic E-state index is 0.295. The van der Waals surface area contributed by atoms with E-state index in [1.54, 1.807) is 0 Å². The van der Waals surface area contributed by atoms with Gasteiger partial charge >= 0.3 is 0 Å². The SMILES string of the molecule is CCCN(CC)CCn1cncc1C1(C)CCNCC1. The second-order valence-electron chi connectivity index (χ2n) is 6.22. The van der Waals surface area contributed by atoms with E-state index in [2.05, 4.69) is 46.7 Å². The van der Waals surface area contributed by atoms with Crippen LogP contribution in [0.4, 0.5) is 0 Å². The van der Waals surface area contributed by atoms with E-state index in [1.807, 2.05) is 6.33 Å². The summed E-state index contributed by atoms with van der Waals surface area (Å²) in [6.45, 7) is 13.7. The van der Waals surface area contributed by atoms with Gasteiger partial charge in [-0.15, -0.1) is 0 Å². The summed E-state index contributed by atoms with van der Waals surface area (Å²) in [5.74, 6) is 0. The molecule has 1 aromatic rings. The molecule has 0 aliphatic carbocycles. The zero-order valence-electron chi connectivity index (χ0n) is 13.4. The van der Waals surface area contributed by atoms with E-state index in [0.717, 1.165) is 32.7 Å². The van der Waals surface area contributed by atoms with Gasteiger partial charge in [0.25, 0.3) is 0 Å². The van der Waals surface area contributed by atoms with Crippen molar-refractivity contribution in [2.24, 2.45) is 0 Å². The number of aromatic nitrogens is 2. The molecule has 20 heavy (non-hydrogen) atoms. The number of piperidine rings is 1. The summed E-state index contributed by atoms with van der Waals surface area (Å²) < 4.78 is 2.38. The highest BCUT2D eigenvalue weighted by Gasteiger charge is 2.31. The van der Waals surface area contributed by atoms with Crippen LogP contribution in [-0.2, 0) is 12.0 Å². The van der Waals surface area contributed by atoms with Gasteiger partial charge in [-0.25, -0.2) is 4.98 Å². The van der Waals surface area contributed by atoms with Crippen LogP contribution in [0.2, 0.25) is 0 Å². The lowest BCUT2D eigenvalue weighted by Gasteiger charge is -2.35. The van der Waals surface area contributed by atoms with Crippen molar-refractivity contribution in [3.8, 4) is 0 Å². The molecule has 4 nitrogen and oxygen atoms in total.